The lowest BCUT2D eigenvalue weighted by Gasteiger charge is -2.31. The van der Waals surface area contributed by atoms with Gasteiger partial charge in [0.25, 0.3) is 11.2 Å². The first-order valence-corrected chi connectivity index (χ1v) is 8.71. The first kappa shape index (κ1) is 19.6. The van der Waals surface area contributed by atoms with E-state index in [4.69, 9.17) is 4.74 Å². The fourth-order valence-electron chi connectivity index (χ4n) is 2.58. The van der Waals surface area contributed by atoms with Gasteiger partial charge in [-0.15, -0.1) is 0 Å². The fraction of sp³-hybridized carbons (Fsp3) is 0.632. The number of ether oxygens (including phenoxy) is 1. The molecule has 1 aliphatic rings. The van der Waals surface area contributed by atoms with Gasteiger partial charge in [-0.3, -0.25) is 4.79 Å². The number of nitrogens with one attached hydrogen (secondary N) is 1. The van der Waals surface area contributed by atoms with E-state index in [0.29, 0.717) is 30.5 Å². The standard InChI is InChI=1S/C19H24F3NO2/c1-4-6-11-25-18(19(20,21)22,10-9-14-7-8-14)16-12-15(5-2)13(3)23-17(16)24/h12,14H,4-8,11H2,1-3H3,(H,23,24). The Morgan fingerprint density at radius 1 is 1.32 bits per heavy atom. The van der Waals surface area contributed by atoms with E-state index in [1.165, 1.54) is 6.07 Å². The number of aromatic amines is 1. The summed E-state index contributed by atoms with van der Waals surface area (Å²) in [4.78, 5) is 14.9. The summed E-state index contributed by atoms with van der Waals surface area (Å²) in [5.41, 5.74) is -2.93. The number of halogens is 3. The van der Waals surface area contributed by atoms with E-state index >= 15 is 0 Å². The molecule has 1 fully saturated rings. The van der Waals surface area contributed by atoms with Crippen molar-refractivity contribution in [1.29, 1.82) is 0 Å². The monoisotopic (exact) mass is 355 g/mol. The minimum Gasteiger partial charge on any atom is -0.350 e. The molecule has 3 nitrogen and oxygen atoms in total. The maximum absolute atomic E-state index is 14.1. The van der Waals surface area contributed by atoms with Gasteiger partial charge in [-0.1, -0.05) is 32.1 Å². The zero-order valence-electron chi connectivity index (χ0n) is 14.8. The molecular weight excluding hydrogens is 331 g/mol. The van der Waals surface area contributed by atoms with Crippen LogP contribution in [0.1, 0.15) is 56.4 Å². The third-order valence-corrected chi connectivity index (χ3v) is 4.35. The lowest BCUT2D eigenvalue weighted by Crippen LogP contribution is -2.47. The molecule has 1 aliphatic carbocycles. The van der Waals surface area contributed by atoms with E-state index in [1.54, 1.807) is 6.92 Å². The molecule has 0 amide bonds. The van der Waals surface area contributed by atoms with Gasteiger partial charge in [0.15, 0.2) is 0 Å². The Labute approximate surface area is 146 Å². The maximum atomic E-state index is 14.1. The minimum atomic E-state index is -4.81. The van der Waals surface area contributed by atoms with Crippen molar-refractivity contribution < 1.29 is 17.9 Å². The number of aromatic nitrogens is 1. The number of rotatable bonds is 6. The van der Waals surface area contributed by atoms with Crippen LogP contribution in [0.4, 0.5) is 13.2 Å². The van der Waals surface area contributed by atoms with Gasteiger partial charge in [0.1, 0.15) is 0 Å². The first-order chi connectivity index (χ1) is 11.7. The molecule has 1 aromatic rings. The van der Waals surface area contributed by atoms with Crippen LogP contribution < -0.4 is 5.56 Å². The van der Waals surface area contributed by atoms with Crippen molar-refractivity contribution in [1.82, 2.24) is 4.98 Å². The second-order valence-corrected chi connectivity index (χ2v) is 6.44. The van der Waals surface area contributed by atoms with E-state index in [2.05, 4.69) is 16.8 Å². The molecule has 1 unspecified atom stereocenters. The number of hydrogen-bond donors (Lipinski definition) is 1. The van der Waals surface area contributed by atoms with Crippen LogP contribution in [0.3, 0.4) is 0 Å². The molecule has 138 valence electrons. The molecule has 0 spiro atoms. The van der Waals surface area contributed by atoms with Gasteiger partial charge in [0, 0.05) is 18.2 Å². The number of H-pyrrole nitrogens is 1. The number of unbranched alkanes of at least 4 members (excludes halogenated alkanes) is 1. The summed E-state index contributed by atoms with van der Waals surface area (Å²) in [5.74, 6) is 4.93. The van der Waals surface area contributed by atoms with Crippen LogP contribution >= 0.6 is 0 Å². The van der Waals surface area contributed by atoms with Crippen LogP contribution in [0.15, 0.2) is 10.9 Å². The van der Waals surface area contributed by atoms with Crippen LogP contribution in [-0.4, -0.2) is 17.8 Å². The SMILES string of the molecule is CCCCOC(C#CC1CC1)(c1cc(CC)c(C)[nH]c1=O)C(F)(F)F. The van der Waals surface area contributed by atoms with Crippen molar-refractivity contribution >= 4 is 0 Å². The zero-order chi connectivity index (χ0) is 18.7. The van der Waals surface area contributed by atoms with Gasteiger partial charge in [-0.25, -0.2) is 0 Å². The molecule has 1 atom stereocenters. The zero-order valence-corrected chi connectivity index (χ0v) is 14.8. The number of alkyl halides is 3. The highest BCUT2D eigenvalue weighted by Gasteiger charge is 2.58. The van der Waals surface area contributed by atoms with Crippen molar-refractivity contribution in [3.8, 4) is 11.8 Å². The molecular formula is C19H24F3NO2. The highest BCUT2D eigenvalue weighted by Crippen LogP contribution is 2.42. The lowest BCUT2D eigenvalue weighted by atomic mass is 9.91. The number of pyridine rings is 1. The highest BCUT2D eigenvalue weighted by molar-refractivity contribution is 5.38. The summed E-state index contributed by atoms with van der Waals surface area (Å²) in [6, 6.07) is 1.30. The van der Waals surface area contributed by atoms with Crippen LogP contribution in [0.2, 0.25) is 0 Å². The predicted molar refractivity (Wildman–Crippen MR) is 90.3 cm³/mol. The molecule has 0 radical (unpaired) electrons. The molecule has 6 heteroatoms. The van der Waals surface area contributed by atoms with Crippen LogP contribution in [-0.2, 0) is 16.8 Å². The molecule has 1 aromatic heterocycles. The van der Waals surface area contributed by atoms with Crippen LogP contribution in [0.25, 0.3) is 0 Å². The predicted octanol–water partition coefficient (Wildman–Crippen LogP) is 4.23. The molecule has 0 aliphatic heterocycles. The van der Waals surface area contributed by atoms with E-state index in [9.17, 15) is 18.0 Å². The Balaban J connectivity index is 2.64. The van der Waals surface area contributed by atoms with Gasteiger partial charge >= 0.3 is 6.18 Å². The molecule has 1 N–H and O–H groups in total. The average molecular weight is 355 g/mol. The summed E-state index contributed by atoms with van der Waals surface area (Å²) in [5, 5.41) is 0. The fourth-order valence-corrected chi connectivity index (χ4v) is 2.58. The van der Waals surface area contributed by atoms with Crippen molar-refractivity contribution in [2.75, 3.05) is 6.61 Å². The van der Waals surface area contributed by atoms with Gasteiger partial charge < -0.3 is 9.72 Å². The summed E-state index contributed by atoms with van der Waals surface area (Å²) in [6.07, 6.45) is -1.56. The van der Waals surface area contributed by atoms with E-state index in [-0.39, 0.29) is 12.5 Å². The number of hydrogen-bond acceptors (Lipinski definition) is 2. The molecule has 0 saturated heterocycles. The van der Waals surface area contributed by atoms with Crippen LogP contribution in [0, 0.1) is 24.7 Å². The van der Waals surface area contributed by atoms with Crippen molar-refractivity contribution in [3.63, 3.8) is 0 Å². The Morgan fingerprint density at radius 2 is 2.00 bits per heavy atom. The lowest BCUT2D eigenvalue weighted by molar-refractivity contribution is -0.260. The van der Waals surface area contributed by atoms with E-state index in [1.807, 2.05) is 13.8 Å². The third kappa shape index (κ3) is 4.27. The first-order valence-electron chi connectivity index (χ1n) is 8.71. The van der Waals surface area contributed by atoms with Crippen LogP contribution in [0.5, 0.6) is 0 Å². The largest absolute Gasteiger partial charge is 0.433 e. The van der Waals surface area contributed by atoms with E-state index in [0.717, 1.165) is 12.8 Å². The molecule has 1 heterocycles. The van der Waals surface area contributed by atoms with E-state index < -0.39 is 22.9 Å². The Hall–Kier alpha value is -1.74. The molecule has 25 heavy (non-hydrogen) atoms. The summed E-state index contributed by atoms with van der Waals surface area (Å²) >= 11 is 0. The Kier molecular flexibility index (Phi) is 5.99. The van der Waals surface area contributed by atoms with Crippen molar-refractivity contribution in [3.05, 3.63) is 33.2 Å². The summed E-state index contributed by atoms with van der Waals surface area (Å²) in [7, 11) is 0. The molecule has 1 saturated carbocycles. The second kappa shape index (κ2) is 7.65. The molecule has 0 bridgehead atoms. The van der Waals surface area contributed by atoms with Gasteiger partial charge in [0.05, 0.1) is 5.56 Å². The Bertz CT molecular complexity index is 723. The second-order valence-electron chi connectivity index (χ2n) is 6.44. The van der Waals surface area contributed by atoms with Gasteiger partial charge in [0.2, 0.25) is 0 Å². The number of aryl methyl sites for hydroxylation is 2. The normalized spacial score (nSPS) is 16.9. The van der Waals surface area contributed by atoms with Gasteiger partial charge in [-0.2, -0.15) is 13.2 Å². The third-order valence-electron chi connectivity index (χ3n) is 4.35. The highest BCUT2D eigenvalue weighted by atomic mass is 19.4. The van der Waals surface area contributed by atoms with Crippen molar-refractivity contribution in [2.24, 2.45) is 5.92 Å². The topological polar surface area (TPSA) is 42.1 Å². The smallest absolute Gasteiger partial charge is 0.350 e. The maximum Gasteiger partial charge on any atom is 0.433 e. The molecule has 0 aromatic carbocycles. The average Bonchev–Trinajstić information content (AvgIpc) is 3.34. The minimum absolute atomic E-state index is 0.0355. The van der Waals surface area contributed by atoms with Gasteiger partial charge in [-0.05, 0) is 44.2 Å². The quantitative estimate of drug-likeness (QED) is 0.613. The molecule has 2 rings (SSSR count). The Morgan fingerprint density at radius 3 is 2.52 bits per heavy atom. The summed E-state index contributed by atoms with van der Waals surface area (Å²) in [6.45, 7) is 5.26. The van der Waals surface area contributed by atoms with Crippen molar-refractivity contribution in [2.45, 2.75) is 64.7 Å². The summed E-state index contributed by atoms with van der Waals surface area (Å²) < 4.78 is 47.6.